The zero-order valence-corrected chi connectivity index (χ0v) is 13.0. The molecular formula is C17H28N2O2. The number of ketones is 1. The third kappa shape index (κ3) is 4.06. The van der Waals surface area contributed by atoms with Crippen LogP contribution in [0.3, 0.4) is 0 Å². The van der Waals surface area contributed by atoms with E-state index in [1.807, 2.05) is 0 Å². The van der Waals surface area contributed by atoms with E-state index in [0.29, 0.717) is 24.3 Å². The number of likely N-dealkylation sites (tertiary alicyclic amines) is 1. The zero-order valence-electron chi connectivity index (χ0n) is 13.0. The summed E-state index contributed by atoms with van der Waals surface area (Å²) in [4.78, 5) is 26.5. The average Bonchev–Trinajstić information content (AvgIpc) is 3.30. The predicted octanol–water partition coefficient (Wildman–Crippen LogP) is 2.27. The van der Waals surface area contributed by atoms with Gasteiger partial charge in [0.15, 0.2) is 0 Å². The number of piperidine rings is 1. The third-order valence-electron chi connectivity index (χ3n) is 5.30. The van der Waals surface area contributed by atoms with Crippen LogP contribution in [0.25, 0.3) is 0 Å². The highest BCUT2D eigenvalue weighted by Crippen LogP contribution is 2.31. The van der Waals surface area contributed by atoms with Crippen LogP contribution in [0, 0.1) is 5.92 Å². The number of hydrogen-bond donors (Lipinski definition) is 1. The molecule has 0 aromatic rings. The van der Waals surface area contributed by atoms with Crippen LogP contribution in [0.1, 0.15) is 64.2 Å². The molecule has 4 heteroatoms. The molecular weight excluding hydrogens is 264 g/mol. The average molecular weight is 292 g/mol. The molecule has 0 aromatic carbocycles. The number of rotatable bonds is 5. The van der Waals surface area contributed by atoms with Crippen molar-refractivity contribution in [3.05, 3.63) is 0 Å². The second-order valence-electron chi connectivity index (χ2n) is 7.01. The van der Waals surface area contributed by atoms with Crippen LogP contribution in [0.15, 0.2) is 0 Å². The highest BCUT2D eigenvalue weighted by atomic mass is 16.1. The number of Topliss-reactive ketones (excluding diaryl/α,β-unsaturated/α-hetero) is 1. The van der Waals surface area contributed by atoms with Gasteiger partial charge >= 0.3 is 0 Å². The Morgan fingerprint density at radius 3 is 2.67 bits per heavy atom. The molecule has 2 unspecified atom stereocenters. The molecule has 3 fully saturated rings. The predicted molar refractivity (Wildman–Crippen MR) is 82.0 cm³/mol. The first kappa shape index (κ1) is 15.0. The first-order valence-electron chi connectivity index (χ1n) is 8.80. The fourth-order valence-corrected chi connectivity index (χ4v) is 3.94. The second-order valence-corrected chi connectivity index (χ2v) is 7.01. The van der Waals surface area contributed by atoms with Gasteiger partial charge in [0.1, 0.15) is 5.78 Å². The van der Waals surface area contributed by atoms with Crippen molar-refractivity contribution in [2.24, 2.45) is 5.92 Å². The largest absolute Gasteiger partial charge is 0.353 e. The van der Waals surface area contributed by atoms with Gasteiger partial charge in [-0.1, -0.05) is 12.8 Å². The van der Waals surface area contributed by atoms with Crippen molar-refractivity contribution >= 4 is 11.7 Å². The van der Waals surface area contributed by atoms with Gasteiger partial charge in [-0.25, -0.2) is 0 Å². The summed E-state index contributed by atoms with van der Waals surface area (Å²) in [7, 11) is 0. The van der Waals surface area contributed by atoms with Crippen molar-refractivity contribution in [3.8, 4) is 0 Å². The molecule has 3 aliphatic rings. The molecule has 1 heterocycles. The molecule has 0 aromatic heterocycles. The topological polar surface area (TPSA) is 49.4 Å². The number of nitrogens with zero attached hydrogens (tertiary/aromatic N) is 1. The highest BCUT2D eigenvalue weighted by Gasteiger charge is 2.35. The zero-order chi connectivity index (χ0) is 14.7. The fraction of sp³-hybridized carbons (Fsp3) is 0.882. The van der Waals surface area contributed by atoms with E-state index in [-0.39, 0.29) is 11.8 Å². The molecule has 2 saturated carbocycles. The molecule has 2 aliphatic carbocycles. The minimum atomic E-state index is 0.191. The summed E-state index contributed by atoms with van der Waals surface area (Å²) < 4.78 is 0. The Labute approximate surface area is 127 Å². The number of carbonyl (C=O) groups excluding carboxylic acids is 2. The molecule has 4 nitrogen and oxygen atoms in total. The fourth-order valence-electron chi connectivity index (χ4n) is 3.94. The second kappa shape index (κ2) is 6.91. The van der Waals surface area contributed by atoms with Crippen molar-refractivity contribution in [3.63, 3.8) is 0 Å². The van der Waals surface area contributed by atoms with Gasteiger partial charge in [0.25, 0.3) is 0 Å². The first-order valence-corrected chi connectivity index (χ1v) is 8.80. The Bertz CT molecular complexity index is 392. The molecule has 0 bridgehead atoms. The SMILES string of the molecule is O=C(CCN1CCCCC1C1CCCCC1=O)NC1CC1. The van der Waals surface area contributed by atoms with Gasteiger partial charge in [-0.3, -0.25) is 14.5 Å². The van der Waals surface area contributed by atoms with Crippen molar-refractivity contribution < 1.29 is 9.59 Å². The maximum Gasteiger partial charge on any atom is 0.221 e. The van der Waals surface area contributed by atoms with E-state index in [1.165, 1.54) is 19.3 Å². The lowest BCUT2D eigenvalue weighted by Crippen LogP contribution is -2.48. The van der Waals surface area contributed by atoms with E-state index in [1.54, 1.807) is 0 Å². The van der Waals surface area contributed by atoms with Crippen molar-refractivity contribution in [1.29, 1.82) is 0 Å². The van der Waals surface area contributed by atoms with Crippen LogP contribution < -0.4 is 5.32 Å². The molecule has 3 rings (SSSR count). The van der Waals surface area contributed by atoms with Gasteiger partial charge < -0.3 is 5.32 Å². The van der Waals surface area contributed by atoms with Crippen LogP contribution >= 0.6 is 0 Å². The number of hydrogen-bond acceptors (Lipinski definition) is 3. The lowest BCUT2D eigenvalue weighted by atomic mass is 9.79. The molecule has 1 saturated heterocycles. The van der Waals surface area contributed by atoms with Crippen molar-refractivity contribution in [1.82, 2.24) is 10.2 Å². The third-order valence-corrected chi connectivity index (χ3v) is 5.30. The van der Waals surface area contributed by atoms with Gasteiger partial charge in [0, 0.05) is 37.4 Å². The Morgan fingerprint density at radius 1 is 1.10 bits per heavy atom. The summed E-state index contributed by atoms with van der Waals surface area (Å²) in [6.45, 7) is 1.89. The quantitative estimate of drug-likeness (QED) is 0.845. The summed E-state index contributed by atoms with van der Waals surface area (Å²) >= 11 is 0. The van der Waals surface area contributed by atoms with Crippen LogP contribution in [0.4, 0.5) is 0 Å². The van der Waals surface area contributed by atoms with Crippen molar-refractivity contribution in [2.45, 2.75) is 76.3 Å². The molecule has 21 heavy (non-hydrogen) atoms. The Hall–Kier alpha value is -0.900. The number of amides is 1. The van der Waals surface area contributed by atoms with Gasteiger partial charge in [-0.2, -0.15) is 0 Å². The minimum Gasteiger partial charge on any atom is -0.353 e. The summed E-state index contributed by atoms with van der Waals surface area (Å²) in [5.41, 5.74) is 0. The maximum absolute atomic E-state index is 12.2. The Balaban J connectivity index is 1.53. The van der Waals surface area contributed by atoms with Crippen molar-refractivity contribution in [2.75, 3.05) is 13.1 Å². The van der Waals surface area contributed by atoms with Crippen LogP contribution in [-0.2, 0) is 9.59 Å². The van der Waals surface area contributed by atoms with Crippen LogP contribution in [0.2, 0.25) is 0 Å². The Kier molecular flexibility index (Phi) is 4.94. The molecule has 1 aliphatic heterocycles. The summed E-state index contributed by atoms with van der Waals surface area (Å²) in [5.74, 6) is 0.905. The molecule has 2 atom stereocenters. The molecule has 1 amide bonds. The standard InChI is InChI=1S/C17H28N2O2/c20-16-7-2-1-5-14(16)15-6-3-4-11-19(15)12-10-17(21)18-13-8-9-13/h13-15H,1-12H2,(H,18,21). The number of nitrogens with one attached hydrogen (secondary N) is 1. The lowest BCUT2D eigenvalue weighted by Gasteiger charge is -2.41. The normalized spacial score (nSPS) is 31.1. The lowest BCUT2D eigenvalue weighted by molar-refractivity contribution is -0.127. The van der Waals surface area contributed by atoms with Gasteiger partial charge in [0.2, 0.25) is 5.91 Å². The summed E-state index contributed by atoms with van der Waals surface area (Å²) in [5, 5.41) is 3.06. The maximum atomic E-state index is 12.2. The van der Waals surface area contributed by atoms with Gasteiger partial charge in [-0.15, -0.1) is 0 Å². The summed E-state index contributed by atoms with van der Waals surface area (Å²) in [6, 6.07) is 0.856. The molecule has 118 valence electrons. The summed E-state index contributed by atoms with van der Waals surface area (Å²) in [6.07, 6.45) is 10.6. The van der Waals surface area contributed by atoms with Crippen LogP contribution in [-0.4, -0.2) is 41.8 Å². The minimum absolute atomic E-state index is 0.191. The van der Waals surface area contributed by atoms with E-state index in [9.17, 15) is 9.59 Å². The van der Waals surface area contributed by atoms with E-state index in [2.05, 4.69) is 10.2 Å². The first-order chi connectivity index (χ1) is 10.2. The van der Waals surface area contributed by atoms with E-state index in [4.69, 9.17) is 0 Å². The Morgan fingerprint density at radius 2 is 1.90 bits per heavy atom. The van der Waals surface area contributed by atoms with E-state index in [0.717, 1.165) is 51.6 Å². The highest BCUT2D eigenvalue weighted by molar-refractivity contribution is 5.82. The molecule has 1 N–H and O–H groups in total. The number of carbonyl (C=O) groups is 2. The molecule has 0 radical (unpaired) electrons. The van der Waals surface area contributed by atoms with E-state index < -0.39 is 0 Å². The monoisotopic (exact) mass is 292 g/mol. The smallest absolute Gasteiger partial charge is 0.221 e. The van der Waals surface area contributed by atoms with Crippen LogP contribution in [0.5, 0.6) is 0 Å². The van der Waals surface area contributed by atoms with E-state index >= 15 is 0 Å². The molecule has 0 spiro atoms. The van der Waals surface area contributed by atoms with Gasteiger partial charge in [0.05, 0.1) is 0 Å². The van der Waals surface area contributed by atoms with Gasteiger partial charge in [-0.05, 0) is 45.1 Å².